The molecule has 0 N–H and O–H groups in total. The van der Waals surface area contributed by atoms with Crippen LogP contribution in [-0.4, -0.2) is 26.6 Å². The van der Waals surface area contributed by atoms with Crippen LogP contribution in [0.3, 0.4) is 0 Å². The van der Waals surface area contributed by atoms with Gasteiger partial charge in [-0.15, -0.1) is 0 Å². The summed E-state index contributed by atoms with van der Waals surface area (Å²) < 4.78 is 34.6. The van der Waals surface area contributed by atoms with Gasteiger partial charge in [0, 0.05) is 0 Å². The Labute approximate surface area is 136 Å². The molecule has 6 heteroatoms. The first-order valence-electron chi connectivity index (χ1n) is 7.14. The van der Waals surface area contributed by atoms with Crippen LogP contribution < -0.4 is 0 Å². The fourth-order valence-corrected chi connectivity index (χ4v) is 2.99. The van der Waals surface area contributed by atoms with Crippen molar-refractivity contribution in [2.45, 2.75) is 31.0 Å². The van der Waals surface area contributed by atoms with E-state index in [1.165, 1.54) is 12.1 Å². The molecule has 2 atom stereocenters. The molecule has 2 unspecified atom stereocenters. The minimum Gasteiger partial charge on any atom is -0.456 e. The van der Waals surface area contributed by atoms with Crippen molar-refractivity contribution in [2.75, 3.05) is 0 Å². The lowest BCUT2D eigenvalue weighted by Gasteiger charge is -2.20. The minimum absolute atomic E-state index is 0.0634. The standard InChI is InChI=1S/C17H18O5S/c1-13(21-17(18)15-9-5-3-6-10-15)14(2)22-23(19,20)16-11-7-4-8-12-16/h3-14H,1-2H3. The van der Waals surface area contributed by atoms with Gasteiger partial charge in [-0.2, -0.15) is 8.42 Å². The average Bonchev–Trinajstić information content (AvgIpc) is 2.56. The summed E-state index contributed by atoms with van der Waals surface area (Å²) in [5.41, 5.74) is 0.400. The normalized spacial score (nSPS) is 14.0. The fraction of sp³-hybridized carbons (Fsp3) is 0.235. The van der Waals surface area contributed by atoms with Gasteiger partial charge in [-0.1, -0.05) is 36.4 Å². The van der Waals surface area contributed by atoms with Gasteiger partial charge in [-0.3, -0.25) is 4.18 Å². The number of hydrogen-bond acceptors (Lipinski definition) is 5. The van der Waals surface area contributed by atoms with E-state index >= 15 is 0 Å². The molecule has 0 radical (unpaired) electrons. The number of rotatable bonds is 6. The van der Waals surface area contributed by atoms with Gasteiger partial charge in [0.05, 0.1) is 10.5 Å². The van der Waals surface area contributed by atoms with Crippen LogP contribution in [0.1, 0.15) is 24.2 Å². The van der Waals surface area contributed by atoms with Crippen LogP contribution in [0.2, 0.25) is 0 Å². The Bertz CT molecular complexity index is 741. The number of carbonyl (C=O) groups is 1. The number of esters is 1. The largest absolute Gasteiger partial charge is 0.456 e. The van der Waals surface area contributed by atoms with Crippen molar-refractivity contribution in [2.24, 2.45) is 0 Å². The smallest absolute Gasteiger partial charge is 0.338 e. The van der Waals surface area contributed by atoms with Gasteiger partial charge < -0.3 is 4.74 Å². The lowest BCUT2D eigenvalue weighted by atomic mass is 10.2. The van der Waals surface area contributed by atoms with Crippen LogP contribution >= 0.6 is 0 Å². The highest BCUT2D eigenvalue weighted by atomic mass is 32.2. The molecule has 2 rings (SSSR count). The molecule has 0 fully saturated rings. The zero-order valence-electron chi connectivity index (χ0n) is 12.9. The monoisotopic (exact) mass is 334 g/mol. The molecule has 2 aromatic rings. The lowest BCUT2D eigenvalue weighted by Crippen LogP contribution is -2.30. The fourth-order valence-electron chi connectivity index (χ4n) is 1.83. The van der Waals surface area contributed by atoms with Crippen LogP contribution in [0.4, 0.5) is 0 Å². The van der Waals surface area contributed by atoms with Crippen molar-refractivity contribution in [3.05, 3.63) is 66.2 Å². The summed E-state index contributed by atoms with van der Waals surface area (Å²) >= 11 is 0. The van der Waals surface area contributed by atoms with E-state index in [-0.39, 0.29) is 4.90 Å². The zero-order valence-corrected chi connectivity index (χ0v) is 13.7. The van der Waals surface area contributed by atoms with Crippen LogP contribution in [0, 0.1) is 0 Å². The van der Waals surface area contributed by atoms with E-state index in [4.69, 9.17) is 8.92 Å². The molecule has 0 aliphatic rings. The first kappa shape index (κ1) is 17.2. The molecule has 0 aliphatic heterocycles. The molecule has 0 aromatic heterocycles. The highest BCUT2D eigenvalue weighted by Gasteiger charge is 2.25. The second kappa shape index (κ2) is 7.39. The van der Waals surface area contributed by atoms with Gasteiger partial charge in [-0.25, -0.2) is 4.79 Å². The third-order valence-corrected chi connectivity index (χ3v) is 4.68. The molecule has 122 valence electrons. The summed E-state index contributed by atoms with van der Waals surface area (Å²) in [5, 5.41) is 0. The van der Waals surface area contributed by atoms with Crippen LogP contribution in [0.5, 0.6) is 0 Å². The molecular formula is C17H18O5S. The Balaban J connectivity index is 2.00. The maximum Gasteiger partial charge on any atom is 0.338 e. The number of hydrogen-bond donors (Lipinski definition) is 0. The highest BCUT2D eigenvalue weighted by Crippen LogP contribution is 2.17. The molecule has 23 heavy (non-hydrogen) atoms. The van der Waals surface area contributed by atoms with Crippen LogP contribution in [0.15, 0.2) is 65.6 Å². The predicted octanol–water partition coefficient (Wildman–Crippen LogP) is 3.03. The zero-order chi connectivity index (χ0) is 16.9. The molecule has 0 saturated carbocycles. The summed E-state index contributed by atoms with van der Waals surface area (Å²) in [6.07, 6.45) is -1.53. The first-order valence-corrected chi connectivity index (χ1v) is 8.55. The topological polar surface area (TPSA) is 69.7 Å². The van der Waals surface area contributed by atoms with Gasteiger partial charge in [0.15, 0.2) is 0 Å². The molecule has 0 aliphatic carbocycles. The molecular weight excluding hydrogens is 316 g/mol. The van der Waals surface area contributed by atoms with Gasteiger partial charge >= 0.3 is 5.97 Å². The minimum atomic E-state index is -3.90. The molecule has 5 nitrogen and oxygen atoms in total. The van der Waals surface area contributed by atoms with Crippen molar-refractivity contribution in [1.29, 1.82) is 0 Å². The molecule has 0 spiro atoms. The third-order valence-electron chi connectivity index (χ3n) is 3.27. The van der Waals surface area contributed by atoms with Crippen molar-refractivity contribution >= 4 is 16.1 Å². The van der Waals surface area contributed by atoms with Crippen LogP contribution in [0.25, 0.3) is 0 Å². The molecule has 2 aromatic carbocycles. The Kier molecular flexibility index (Phi) is 5.52. The summed E-state index contributed by atoms with van der Waals surface area (Å²) in [4.78, 5) is 12.0. The Morgan fingerprint density at radius 1 is 0.870 bits per heavy atom. The second-order valence-electron chi connectivity index (χ2n) is 5.04. The molecule has 0 amide bonds. The van der Waals surface area contributed by atoms with Crippen LogP contribution in [-0.2, 0) is 19.0 Å². The number of benzene rings is 2. The Morgan fingerprint density at radius 3 is 1.96 bits per heavy atom. The van der Waals surface area contributed by atoms with E-state index in [9.17, 15) is 13.2 Å². The third kappa shape index (κ3) is 4.64. The Hall–Kier alpha value is -2.18. The molecule has 0 bridgehead atoms. The summed E-state index contributed by atoms with van der Waals surface area (Å²) in [6, 6.07) is 16.3. The van der Waals surface area contributed by atoms with Gasteiger partial charge in [0.1, 0.15) is 12.2 Å². The highest BCUT2D eigenvalue weighted by molar-refractivity contribution is 7.86. The summed E-state index contributed by atoms with van der Waals surface area (Å²) in [6.45, 7) is 3.13. The van der Waals surface area contributed by atoms with E-state index in [1.807, 2.05) is 0 Å². The Morgan fingerprint density at radius 2 is 1.39 bits per heavy atom. The van der Waals surface area contributed by atoms with E-state index < -0.39 is 28.3 Å². The maximum atomic E-state index is 12.1. The van der Waals surface area contributed by atoms with Gasteiger partial charge in [0.2, 0.25) is 0 Å². The quantitative estimate of drug-likeness (QED) is 0.600. The summed E-state index contributed by atoms with van der Waals surface area (Å²) in [7, 11) is -3.90. The van der Waals surface area contributed by atoms with Crippen molar-refractivity contribution in [3.63, 3.8) is 0 Å². The summed E-state index contributed by atoms with van der Waals surface area (Å²) in [5.74, 6) is -0.523. The van der Waals surface area contributed by atoms with Crippen molar-refractivity contribution in [1.82, 2.24) is 0 Å². The SMILES string of the molecule is CC(OC(=O)c1ccccc1)C(C)OS(=O)(=O)c1ccccc1. The van der Waals surface area contributed by atoms with E-state index in [2.05, 4.69) is 0 Å². The van der Waals surface area contributed by atoms with Gasteiger partial charge in [-0.05, 0) is 38.1 Å². The predicted molar refractivity (Wildman–Crippen MR) is 85.5 cm³/mol. The van der Waals surface area contributed by atoms with Crippen molar-refractivity contribution < 1.29 is 22.1 Å². The van der Waals surface area contributed by atoms with Crippen molar-refractivity contribution in [3.8, 4) is 0 Å². The molecule has 0 saturated heterocycles. The second-order valence-corrected chi connectivity index (χ2v) is 6.62. The van der Waals surface area contributed by atoms with Gasteiger partial charge in [0.25, 0.3) is 10.1 Å². The van der Waals surface area contributed by atoms with E-state index in [0.717, 1.165) is 0 Å². The van der Waals surface area contributed by atoms with E-state index in [1.54, 1.807) is 62.4 Å². The molecule has 0 heterocycles. The first-order chi connectivity index (χ1) is 10.9. The maximum absolute atomic E-state index is 12.1. The number of carbonyl (C=O) groups excluding carboxylic acids is 1. The average molecular weight is 334 g/mol. The number of ether oxygens (including phenoxy) is 1. The van der Waals surface area contributed by atoms with E-state index in [0.29, 0.717) is 5.56 Å². The lowest BCUT2D eigenvalue weighted by molar-refractivity contribution is 0.00397.